The lowest BCUT2D eigenvalue weighted by atomic mass is 10.2. The number of H-pyrrole nitrogens is 1. The molecule has 0 aromatic carbocycles. The standard InChI is InChI=1S/C9H12N2O4.C3H8.CH4O/c12-5-6-1-2-8(15-6)11-4-3-7(13)10-9(11)14;1-3-2;1-2/h3-4,6,8,12H,1-2,5H2,(H,10,13,14);3H2,1-2H3;2H,1H3. The van der Waals surface area contributed by atoms with Crippen molar-refractivity contribution in [2.24, 2.45) is 0 Å². The minimum atomic E-state index is -0.480. The van der Waals surface area contributed by atoms with E-state index in [1.165, 1.54) is 23.3 Å². The summed E-state index contributed by atoms with van der Waals surface area (Å²) in [5, 5.41) is 15.9. The molecule has 2 rings (SSSR count). The van der Waals surface area contributed by atoms with Crippen molar-refractivity contribution in [1.82, 2.24) is 9.55 Å². The molecule has 1 saturated heterocycles. The maximum atomic E-state index is 11.4. The monoisotopic (exact) mass is 288 g/mol. The summed E-state index contributed by atoms with van der Waals surface area (Å²) in [7, 11) is 1.00. The number of aromatic nitrogens is 2. The lowest BCUT2D eigenvalue weighted by Crippen LogP contribution is -2.31. The molecule has 7 heteroatoms. The van der Waals surface area contributed by atoms with Gasteiger partial charge in [0, 0.05) is 19.4 Å². The summed E-state index contributed by atoms with van der Waals surface area (Å²) in [5.41, 5.74) is -0.904. The molecule has 0 radical (unpaired) electrons. The van der Waals surface area contributed by atoms with E-state index in [9.17, 15) is 9.59 Å². The first-order valence-electron chi connectivity index (χ1n) is 6.64. The van der Waals surface area contributed by atoms with Gasteiger partial charge in [0.25, 0.3) is 5.56 Å². The molecular formula is C13H24N2O5. The molecule has 1 aliphatic heterocycles. The Morgan fingerprint density at radius 3 is 2.40 bits per heavy atom. The van der Waals surface area contributed by atoms with Gasteiger partial charge in [-0.3, -0.25) is 14.3 Å². The normalized spacial score (nSPS) is 20.4. The molecule has 2 heterocycles. The Balaban J connectivity index is 0.000000641. The van der Waals surface area contributed by atoms with Crippen LogP contribution >= 0.6 is 0 Å². The molecule has 0 bridgehead atoms. The van der Waals surface area contributed by atoms with Gasteiger partial charge < -0.3 is 14.9 Å². The molecule has 1 aromatic heterocycles. The number of aliphatic hydroxyl groups is 2. The smallest absolute Gasteiger partial charge is 0.330 e. The van der Waals surface area contributed by atoms with Crippen LogP contribution in [0.4, 0.5) is 0 Å². The minimum Gasteiger partial charge on any atom is -0.400 e. The van der Waals surface area contributed by atoms with Gasteiger partial charge in [0.15, 0.2) is 0 Å². The van der Waals surface area contributed by atoms with Crippen LogP contribution in [0.15, 0.2) is 21.9 Å². The summed E-state index contributed by atoms with van der Waals surface area (Å²) >= 11 is 0. The van der Waals surface area contributed by atoms with Crippen LogP contribution < -0.4 is 11.2 Å². The van der Waals surface area contributed by atoms with E-state index in [1.807, 2.05) is 0 Å². The van der Waals surface area contributed by atoms with Crippen LogP contribution in [-0.4, -0.2) is 39.6 Å². The van der Waals surface area contributed by atoms with Crippen molar-refractivity contribution in [3.05, 3.63) is 33.1 Å². The third-order valence-electron chi connectivity index (χ3n) is 2.45. The van der Waals surface area contributed by atoms with Crippen LogP contribution in [0, 0.1) is 0 Å². The molecule has 7 nitrogen and oxygen atoms in total. The maximum Gasteiger partial charge on any atom is 0.330 e. The predicted octanol–water partition coefficient (Wildman–Crippen LogP) is 0.231. The number of nitrogens with one attached hydrogen (secondary N) is 1. The fourth-order valence-electron chi connectivity index (χ4n) is 1.68. The first kappa shape index (κ1) is 18.6. The van der Waals surface area contributed by atoms with E-state index in [2.05, 4.69) is 18.8 Å². The first-order chi connectivity index (χ1) is 9.62. The molecule has 0 amide bonds. The number of ether oxygens (including phenoxy) is 1. The van der Waals surface area contributed by atoms with E-state index in [0.29, 0.717) is 12.8 Å². The van der Waals surface area contributed by atoms with Gasteiger partial charge in [-0.05, 0) is 12.8 Å². The van der Waals surface area contributed by atoms with Crippen molar-refractivity contribution in [3.8, 4) is 0 Å². The second-order valence-corrected chi connectivity index (χ2v) is 4.20. The Hall–Kier alpha value is -1.44. The molecule has 0 aliphatic carbocycles. The van der Waals surface area contributed by atoms with Crippen LogP contribution in [0.25, 0.3) is 0 Å². The second-order valence-electron chi connectivity index (χ2n) is 4.20. The number of hydrogen-bond donors (Lipinski definition) is 3. The molecular weight excluding hydrogens is 264 g/mol. The van der Waals surface area contributed by atoms with Crippen molar-refractivity contribution < 1.29 is 14.9 Å². The number of rotatable bonds is 2. The minimum absolute atomic E-state index is 0.0470. The summed E-state index contributed by atoms with van der Waals surface area (Å²) in [6, 6.07) is 1.27. The maximum absolute atomic E-state index is 11.4. The zero-order chi connectivity index (χ0) is 15.5. The average molecular weight is 288 g/mol. The van der Waals surface area contributed by atoms with Crippen LogP contribution in [-0.2, 0) is 4.74 Å². The number of aliphatic hydroxyl groups excluding tert-OH is 2. The number of hydrogen-bond acceptors (Lipinski definition) is 5. The van der Waals surface area contributed by atoms with E-state index in [-0.39, 0.29) is 18.9 Å². The molecule has 3 N–H and O–H groups in total. The van der Waals surface area contributed by atoms with Gasteiger partial charge >= 0.3 is 5.69 Å². The van der Waals surface area contributed by atoms with Gasteiger partial charge in [-0.2, -0.15) is 0 Å². The molecule has 0 saturated carbocycles. The van der Waals surface area contributed by atoms with Gasteiger partial charge in [0.1, 0.15) is 6.23 Å². The molecule has 0 spiro atoms. The van der Waals surface area contributed by atoms with Crippen molar-refractivity contribution in [2.45, 2.75) is 45.4 Å². The summed E-state index contributed by atoms with van der Waals surface area (Å²) in [4.78, 5) is 24.4. The third kappa shape index (κ3) is 5.68. The Bertz CT molecular complexity index is 468. The number of aromatic amines is 1. The van der Waals surface area contributed by atoms with Crippen molar-refractivity contribution in [2.75, 3.05) is 13.7 Å². The van der Waals surface area contributed by atoms with E-state index in [0.717, 1.165) is 7.11 Å². The Kier molecular flexibility index (Phi) is 9.61. The lowest BCUT2D eigenvalue weighted by Gasteiger charge is -2.13. The summed E-state index contributed by atoms with van der Waals surface area (Å²) in [6.07, 6.45) is 3.44. The van der Waals surface area contributed by atoms with Crippen molar-refractivity contribution in [3.63, 3.8) is 0 Å². The van der Waals surface area contributed by atoms with Gasteiger partial charge in [-0.1, -0.05) is 20.3 Å². The van der Waals surface area contributed by atoms with Crippen LogP contribution in [0.1, 0.15) is 39.3 Å². The summed E-state index contributed by atoms with van der Waals surface area (Å²) in [5.74, 6) is 0. The molecule has 116 valence electrons. The highest BCUT2D eigenvalue weighted by Gasteiger charge is 2.26. The summed E-state index contributed by atoms with van der Waals surface area (Å²) in [6.45, 7) is 4.20. The Labute approximate surface area is 117 Å². The fourth-order valence-corrected chi connectivity index (χ4v) is 1.68. The van der Waals surface area contributed by atoms with Crippen molar-refractivity contribution in [1.29, 1.82) is 0 Å². The van der Waals surface area contributed by atoms with E-state index >= 15 is 0 Å². The van der Waals surface area contributed by atoms with Gasteiger partial charge in [0.05, 0.1) is 12.7 Å². The number of nitrogens with zero attached hydrogens (tertiary/aromatic N) is 1. The Morgan fingerprint density at radius 2 is 1.95 bits per heavy atom. The third-order valence-corrected chi connectivity index (χ3v) is 2.45. The van der Waals surface area contributed by atoms with Crippen LogP contribution in [0.5, 0.6) is 0 Å². The van der Waals surface area contributed by atoms with Crippen molar-refractivity contribution >= 4 is 0 Å². The molecule has 2 unspecified atom stereocenters. The molecule has 20 heavy (non-hydrogen) atoms. The zero-order valence-corrected chi connectivity index (χ0v) is 12.2. The lowest BCUT2D eigenvalue weighted by molar-refractivity contribution is -0.0246. The quantitative estimate of drug-likeness (QED) is 0.722. The van der Waals surface area contributed by atoms with E-state index in [1.54, 1.807) is 0 Å². The molecule has 1 aliphatic rings. The zero-order valence-electron chi connectivity index (χ0n) is 12.2. The van der Waals surface area contributed by atoms with E-state index < -0.39 is 11.2 Å². The van der Waals surface area contributed by atoms with Gasteiger partial charge in [-0.25, -0.2) is 4.79 Å². The first-order valence-corrected chi connectivity index (χ1v) is 6.64. The Morgan fingerprint density at radius 1 is 1.35 bits per heavy atom. The summed E-state index contributed by atoms with van der Waals surface area (Å²) < 4.78 is 6.74. The predicted molar refractivity (Wildman–Crippen MR) is 75.7 cm³/mol. The topological polar surface area (TPSA) is 105 Å². The van der Waals surface area contributed by atoms with Gasteiger partial charge in [-0.15, -0.1) is 0 Å². The average Bonchev–Trinajstić information content (AvgIpc) is 2.90. The highest BCUT2D eigenvalue weighted by atomic mass is 16.5. The second kappa shape index (κ2) is 10.4. The molecule has 1 aromatic rings. The largest absolute Gasteiger partial charge is 0.400 e. The van der Waals surface area contributed by atoms with Crippen LogP contribution in [0.2, 0.25) is 0 Å². The van der Waals surface area contributed by atoms with E-state index in [4.69, 9.17) is 14.9 Å². The van der Waals surface area contributed by atoms with Crippen LogP contribution in [0.3, 0.4) is 0 Å². The van der Waals surface area contributed by atoms with Gasteiger partial charge in [0.2, 0.25) is 0 Å². The SMILES string of the molecule is CCC.CO.O=c1ccn(C2CCC(CO)O2)c(=O)[nH]1. The molecule has 1 fully saturated rings. The highest BCUT2D eigenvalue weighted by molar-refractivity contribution is 4.85. The molecule has 2 atom stereocenters. The highest BCUT2D eigenvalue weighted by Crippen LogP contribution is 2.26. The fraction of sp³-hybridized carbons (Fsp3) is 0.692.